The summed E-state index contributed by atoms with van der Waals surface area (Å²) < 4.78 is 10.8. The van der Waals surface area contributed by atoms with Crippen molar-refractivity contribution in [2.24, 2.45) is 5.10 Å². The smallest absolute Gasteiger partial charge is 0.250 e. The van der Waals surface area contributed by atoms with Crippen LogP contribution in [0.5, 0.6) is 5.75 Å². The van der Waals surface area contributed by atoms with Gasteiger partial charge in [-0.2, -0.15) is 5.10 Å². The van der Waals surface area contributed by atoms with Gasteiger partial charge >= 0.3 is 0 Å². The van der Waals surface area contributed by atoms with Crippen LogP contribution >= 0.6 is 23.5 Å². The summed E-state index contributed by atoms with van der Waals surface area (Å²) in [6, 6.07) is 19.0. The molecule has 0 spiro atoms. The van der Waals surface area contributed by atoms with E-state index in [2.05, 4.69) is 20.5 Å². The first-order valence-corrected chi connectivity index (χ1v) is 10.8. The summed E-state index contributed by atoms with van der Waals surface area (Å²) in [5, 5.41) is 5.38. The van der Waals surface area contributed by atoms with E-state index < -0.39 is 0 Å². The zero-order valence-electron chi connectivity index (χ0n) is 16.0. The van der Waals surface area contributed by atoms with E-state index in [1.54, 1.807) is 13.2 Å². The maximum absolute atomic E-state index is 11.9. The second-order valence-corrected chi connectivity index (χ2v) is 8.12. The minimum Gasteiger partial charge on any atom is -0.497 e. The second kappa shape index (κ2) is 9.55. The molecule has 0 unspecified atom stereocenters. The molecule has 0 aliphatic carbocycles. The number of H-pyrrole nitrogens is 1. The van der Waals surface area contributed by atoms with Gasteiger partial charge in [0, 0.05) is 4.90 Å². The van der Waals surface area contributed by atoms with Crippen molar-refractivity contribution < 1.29 is 13.9 Å². The maximum Gasteiger partial charge on any atom is 0.250 e. The standard InChI is InChI=1S/C21H18N4O3S2/c1-27-14-6-9-16(10-7-14)29-13-19(26)25-22-12-15-8-11-20(28-15)30-21-23-17-4-2-3-5-18(17)24-21/h2-12H,13H2,1H3,(H,23,24)(H,25,26)/b22-12+. The first-order valence-electron chi connectivity index (χ1n) is 9.01. The Hall–Kier alpha value is -3.17. The second-order valence-electron chi connectivity index (χ2n) is 6.08. The van der Waals surface area contributed by atoms with Gasteiger partial charge in [0.2, 0.25) is 5.91 Å². The molecule has 2 aromatic heterocycles. The van der Waals surface area contributed by atoms with Gasteiger partial charge in [0.05, 0.1) is 30.1 Å². The highest BCUT2D eigenvalue weighted by Gasteiger charge is 2.08. The number of carbonyl (C=O) groups is 1. The van der Waals surface area contributed by atoms with Gasteiger partial charge < -0.3 is 14.1 Å². The monoisotopic (exact) mass is 438 g/mol. The molecule has 0 fully saturated rings. The number of aromatic nitrogens is 2. The molecule has 1 amide bonds. The van der Waals surface area contributed by atoms with Gasteiger partial charge in [0.15, 0.2) is 10.2 Å². The fourth-order valence-electron chi connectivity index (χ4n) is 2.55. The van der Waals surface area contributed by atoms with Crippen LogP contribution in [0.15, 0.2) is 85.3 Å². The minimum atomic E-state index is -0.199. The number of ether oxygens (including phenoxy) is 1. The van der Waals surface area contributed by atoms with E-state index in [0.29, 0.717) is 10.9 Å². The average molecular weight is 439 g/mol. The molecule has 7 nitrogen and oxygen atoms in total. The summed E-state index contributed by atoms with van der Waals surface area (Å²) in [6.07, 6.45) is 1.47. The number of methoxy groups -OCH3 is 1. The Morgan fingerprint density at radius 2 is 2.03 bits per heavy atom. The minimum absolute atomic E-state index is 0.199. The van der Waals surface area contributed by atoms with Crippen molar-refractivity contribution in [3.63, 3.8) is 0 Å². The number of imidazole rings is 1. The number of aromatic amines is 1. The molecule has 0 aliphatic heterocycles. The predicted molar refractivity (Wildman–Crippen MR) is 118 cm³/mol. The van der Waals surface area contributed by atoms with Crippen LogP contribution in [0.25, 0.3) is 11.0 Å². The Bertz CT molecular complexity index is 1140. The Labute approximate surface area is 181 Å². The molecule has 30 heavy (non-hydrogen) atoms. The highest BCUT2D eigenvalue weighted by Crippen LogP contribution is 2.28. The summed E-state index contributed by atoms with van der Waals surface area (Å²) in [7, 11) is 1.62. The number of hydrogen-bond donors (Lipinski definition) is 2. The molecule has 152 valence electrons. The highest BCUT2D eigenvalue weighted by atomic mass is 32.2. The van der Waals surface area contributed by atoms with E-state index in [-0.39, 0.29) is 11.7 Å². The number of nitrogens with zero attached hydrogens (tertiary/aromatic N) is 2. The molecule has 0 saturated heterocycles. The molecule has 0 bridgehead atoms. The number of amides is 1. The molecule has 0 radical (unpaired) electrons. The Balaban J connectivity index is 1.26. The zero-order valence-corrected chi connectivity index (χ0v) is 17.6. The van der Waals surface area contributed by atoms with Crippen LogP contribution in [0.1, 0.15) is 5.76 Å². The van der Waals surface area contributed by atoms with Crippen LogP contribution in [-0.4, -0.2) is 35.0 Å². The Kier molecular flexibility index (Phi) is 6.41. The predicted octanol–water partition coefficient (Wildman–Crippen LogP) is 4.56. The molecule has 2 heterocycles. The van der Waals surface area contributed by atoms with E-state index in [0.717, 1.165) is 26.8 Å². The van der Waals surface area contributed by atoms with E-state index in [1.807, 2.05) is 54.6 Å². The summed E-state index contributed by atoms with van der Waals surface area (Å²) in [4.78, 5) is 20.7. The van der Waals surface area contributed by atoms with Crippen LogP contribution in [0.2, 0.25) is 0 Å². The molecule has 2 aromatic carbocycles. The fourth-order valence-corrected chi connectivity index (χ4v) is 4.01. The highest BCUT2D eigenvalue weighted by molar-refractivity contribution is 8.00. The van der Waals surface area contributed by atoms with Crippen LogP contribution in [0.4, 0.5) is 0 Å². The lowest BCUT2D eigenvalue weighted by Gasteiger charge is -2.02. The van der Waals surface area contributed by atoms with Crippen molar-refractivity contribution in [1.82, 2.24) is 15.4 Å². The number of rotatable bonds is 8. The van der Waals surface area contributed by atoms with Crippen LogP contribution < -0.4 is 10.2 Å². The third-order valence-corrected chi connectivity index (χ3v) is 5.80. The molecular weight excluding hydrogens is 420 g/mol. The maximum atomic E-state index is 11.9. The first kappa shape index (κ1) is 20.1. The van der Waals surface area contributed by atoms with Crippen molar-refractivity contribution in [3.05, 3.63) is 66.4 Å². The lowest BCUT2D eigenvalue weighted by atomic mass is 10.3. The summed E-state index contributed by atoms with van der Waals surface area (Å²) in [5.41, 5.74) is 4.38. The summed E-state index contributed by atoms with van der Waals surface area (Å²) >= 11 is 2.81. The van der Waals surface area contributed by atoms with Gasteiger partial charge in [-0.1, -0.05) is 12.1 Å². The number of benzene rings is 2. The fraction of sp³-hybridized carbons (Fsp3) is 0.0952. The van der Waals surface area contributed by atoms with Crippen LogP contribution in [0, 0.1) is 0 Å². The van der Waals surface area contributed by atoms with Crippen molar-refractivity contribution >= 4 is 46.7 Å². The zero-order chi connectivity index (χ0) is 20.8. The average Bonchev–Trinajstić information content (AvgIpc) is 3.39. The van der Waals surface area contributed by atoms with Gasteiger partial charge in [-0.25, -0.2) is 10.4 Å². The molecule has 2 N–H and O–H groups in total. The summed E-state index contributed by atoms with van der Waals surface area (Å²) in [5.74, 6) is 1.38. The number of nitrogens with one attached hydrogen (secondary N) is 2. The van der Waals surface area contributed by atoms with Gasteiger partial charge in [-0.15, -0.1) is 11.8 Å². The molecule has 4 aromatic rings. The number of para-hydroxylation sites is 2. The van der Waals surface area contributed by atoms with E-state index in [4.69, 9.17) is 9.15 Å². The van der Waals surface area contributed by atoms with E-state index >= 15 is 0 Å². The molecular formula is C21H18N4O3S2. The van der Waals surface area contributed by atoms with Crippen LogP contribution in [0.3, 0.4) is 0 Å². The van der Waals surface area contributed by atoms with E-state index in [9.17, 15) is 4.79 Å². The third-order valence-electron chi connectivity index (χ3n) is 3.98. The van der Waals surface area contributed by atoms with Crippen molar-refractivity contribution in [2.45, 2.75) is 15.1 Å². The molecule has 4 rings (SSSR count). The quantitative estimate of drug-likeness (QED) is 0.238. The van der Waals surface area contributed by atoms with Crippen molar-refractivity contribution in [1.29, 1.82) is 0 Å². The number of fused-ring (bicyclic) bond motifs is 1. The van der Waals surface area contributed by atoms with Crippen LogP contribution in [-0.2, 0) is 4.79 Å². The Morgan fingerprint density at radius 1 is 1.20 bits per heavy atom. The van der Waals surface area contributed by atoms with Crippen molar-refractivity contribution in [2.75, 3.05) is 12.9 Å². The third kappa shape index (κ3) is 5.25. The molecule has 0 aliphatic rings. The topological polar surface area (TPSA) is 92.5 Å². The normalized spacial score (nSPS) is 11.2. The molecule has 9 heteroatoms. The molecule has 0 atom stereocenters. The number of thioether (sulfide) groups is 1. The number of hydrogen-bond acceptors (Lipinski definition) is 7. The number of carbonyl (C=O) groups excluding carboxylic acids is 1. The SMILES string of the molecule is COc1ccc(SCC(=O)N/N=C/c2ccc(Sc3nc4ccccc4[nH]3)o2)cc1. The first-order chi connectivity index (χ1) is 14.7. The van der Waals surface area contributed by atoms with Gasteiger partial charge in [0.25, 0.3) is 0 Å². The molecule has 0 saturated carbocycles. The number of furan rings is 1. The van der Waals surface area contributed by atoms with Gasteiger partial charge in [0.1, 0.15) is 11.5 Å². The van der Waals surface area contributed by atoms with E-state index in [1.165, 1.54) is 29.7 Å². The largest absolute Gasteiger partial charge is 0.497 e. The van der Waals surface area contributed by atoms with Gasteiger partial charge in [-0.3, -0.25) is 4.79 Å². The Morgan fingerprint density at radius 3 is 2.83 bits per heavy atom. The van der Waals surface area contributed by atoms with Gasteiger partial charge in [-0.05, 0) is 60.3 Å². The lowest BCUT2D eigenvalue weighted by Crippen LogP contribution is -2.19. The summed E-state index contributed by atoms with van der Waals surface area (Å²) in [6.45, 7) is 0. The number of hydrazone groups is 1. The lowest BCUT2D eigenvalue weighted by molar-refractivity contribution is -0.118. The van der Waals surface area contributed by atoms with Crippen molar-refractivity contribution in [3.8, 4) is 5.75 Å².